The molecule has 6 heteroatoms. The minimum absolute atomic E-state index is 0.0343. The molecule has 1 rings (SSSR count). The van der Waals surface area contributed by atoms with Crippen LogP contribution >= 0.6 is 0 Å². The van der Waals surface area contributed by atoms with Crippen LogP contribution < -0.4 is 4.74 Å². The van der Waals surface area contributed by atoms with Gasteiger partial charge in [-0.3, -0.25) is 4.79 Å². The summed E-state index contributed by atoms with van der Waals surface area (Å²) >= 11 is 0. The van der Waals surface area contributed by atoms with Crippen molar-refractivity contribution in [3.05, 3.63) is 29.6 Å². The third-order valence-corrected chi connectivity index (χ3v) is 1.43. The number of carbonyl (C=O) groups excluding carboxylic acids is 1. The summed E-state index contributed by atoms with van der Waals surface area (Å²) in [5.41, 5.74) is -1.46. The van der Waals surface area contributed by atoms with Gasteiger partial charge in [-0.15, -0.1) is 0 Å². The molecule has 1 aromatic rings. The number of benzene rings is 1. The number of ether oxygens (including phenoxy) is 1. The van der Waals surface area contributed by atoms with Crippen molar-refractivity contribution in [1.82, 2.24) is 0 Å². The standard InChI is InChI=1S/C8H4F4O2/c9-7-2-1-5(14-4-13)3-6(7)8(10,11)12/h1-4H. The van der Waals surface area contributed by atoms with Crippen molar-refractivity contribution in [3.63, 3.8) is 0 Å². The molecule has 76 valence electrons. The molecule has 2 nitrogen and oxygen atoms in total. The first-order valence-corrected chi connectivity index (χ1v) is 3.42. The van der Waals surface area contributed by atoms with E-state index >= 15 is 0 Å². The molecule has 0 aliphatic carbocycles. The van der Waals surface area contributed by atoms with Gasteiger partial charge >= 0.3 is 6.18 Å². The maximum atomic E-state index is 12.6. The largest absolute Gasteiger partial charge is 0.429 e. The predicted molar refractivity (Wildman–Crippen MR) is 38.1 cm³/mol. The highest BCUT2D eigenvalue weighted by molar-refractivity contribution is 5.46. The minimum Gasteiger partial charge on any atom is -0.429 e. The topological polar surface area (TPSA) is 26.3 Å². The highest BCUT2D eigenvalue weighted by Gasteiger charge is 2.34. The highest BCUT2D eigenvalue weighted by Crippen LogP contribution is 2.33. The van der Waals surface area contributed by atoms with Crippen LogP contribution in [0.4, 0.5) is 17.6 Å². The van der Waals surface area contributed by atoms with E-state index in [1.807, 2.05) is 0 Å². The zero-order valence-corrected chi connectivity index (χ0v) is 6.64. The summed E-state index contributed by atoms with van der Waals surface area (Å²) in [6.07, 6.45) is -4.80. The van der Waals surface area contributed by atoms with E-state index in [0.29, 0.717) is 12.1 Å². The normalized spacial score (nSPS) is 11.1. The zero-order valence-electron chi connectivity index (χ0n) is 6.64. The molecule has 0 saturated heterocycles. The van der Waals surface area contributed by atoms with Crippen LogP contribution in [0.1, 0.15) is 5.56 Å². The van der Waals surface area contributed by atoms with E-state index in [1.54, 1.807) is 0 Å². The zero-order chi connectivity index (χ0) is 10.8. The summed E-state index contributed by atoms with van der Waals surface area (Å²) in [7, 11) is 0. The van der Waals surface area contributed by atoms with Crippen molar-refractivity contribution in [2.45, 2.75) is 6.18 Å². The van der Waals surface area contributed by atoms with Crippen LogP contribution in [0, 0.1) is 5.82 Å². The highest BCUT2D eigenvalue weighted by atomic mass is 19.4. The van der Waals surface area contributed by atoms with E-state index in [1.165, 1.54) is 0 Å². The molecule has 0 unspecified atom stereocenters. The number of hydrogen-bond acceptors (Lipinski definition) is 2. The first-order chi connectivity index (χ1) is 6.45. The lowest BCUT2D eigenvalue weighted by Gasteiger charge is -2.08. The Morgan fingerprint density at radius 2 is 1.93 bits per heavy atom. The summed E-state index contributed by atoms with van der Waals surface area (Å²) in [5, 5.41) is 0. The Morgan fingerprint density at radius 3 is 2.43 bits per heavy atom. The molecule has 0 atom stereocenters. The van der Waals surface area contributed by atoms with Gasteiger partial charge in [0.2, 0.25) is 0 Å². The second-order valence-corrected chi connectivity index (χ2v) is 2.35. The third-order valence-electron chi connectivity index (χ3n) is 1.43. The Bertz CT molecular complexity index is 346. The van der Waals surface area contributed by atoms with Crippen LogP contribution in [0.3, 0.4) is 0 Å². The van der Waals surface area contributed by atoms with Gasteiger partial charge in [0.25, 0.3) is 6.47 Å². The van der Waals surface area contributed by atoms with Gasteiger partial charge in [-0.2, -0.15) is 13.2 Å². The van der Waals surface area contributed by atoms with Crippen LogP contribution in [0.2, 0.25) is 0 Å². The Morgan fingerprint density at radius 1 is 1.29 bits per heavy atom. The van der Waals surface area contributed by atoms with E-state index in [9.17, 15) is 22.4 Å². The second kappa shape index (κ2) is 3.65. The molecular weight excluding hydrogens is 204 g/mol. The van der Waals surface area contributed by atoms with Gasteiger partial charge in [-0.25, -0.2) is 4.39 Å². The molecule has 0 heterocycles. The number of carbonyl (C=O) groups is 1. The van der Waals surface area contributed by atoms with E-state index in [2.05, 4.69) is 4.74 Å². The summed E-state index contributed by atoms with van der Waals surface area (Å²) in [6, 6.07) is 1.93. The number of rotatable bonds is 2. The van der Waals surface area contributed by atoms with Crippen LogP contribution in [-0.2, 0) is 11.0 Å². The summed E-state index contributed by atoms with van der Waals surface area (Å²) in [6.45, 7) is -0.0343. The fourth-order valence-electron chi connectivity index (χ4n) is 0.850. The third kappa shape index (κ3) is 2.21. The Labute approximate surface area is 76.1 Å². The van der Waals surface area contributed by atoms with E-state index in [0.717, 1.165) is 6.07 Å². The summed E-state index contributed by atoms with van der Waals surface area (Å²) in [4.78, 5) is 9.82. The van der Waals surface area contributed by atoms with Crippen LogP contribution in [0.5, 0.6) is 5.75 Å². The number of hydrogen-bond donors (Lipinski definition) is 0. The number of halogens is 4. The lowest BCUT2D eigenvalue weighted by atomic mass is 10.2. The summed E-state index contributed by atoms with van der Waals surface area (Å²) < 4.78 is 53.0. The molecule has 0 spiro atoms. The maximum absolute atomic E-state index is 12.6. The van der Waals surface area contributed by atoms with Crippen molar-refractivity contribution in [3.8, 4) is 5.75 Å². The molecule has 14 heavy (non-hydrogen) atoms. The molecule has 0 saturated carbocycles. The lowest BCUT2D eigenvalue weighted by molar-refractivity contribution is -0.140. The van der Waals surface area contributed by atoms with E-state index in [4.69, 9.17) is 0 Å². The second-order valence-electron chi connectivity index (χ2n) is 2.35. The van der Waals surface area contributed by atoms with Gasteiger partial charge < -0.3 is 4.74 Å². The first-order valence-electron chi connectivity index (χ1n) is 3.42. The molecule has 0 aromatic heterocycles. The SMILES string of the molecule is O=COc1ccc(F)c(C(F)(F)F)c1. The Balaban J connectivity index is 3.15. The fraction of sp³-hybridized carbons (Fsp3) is 0.125. The van der Waals surface area contributed by atoms with Crippen LogP contribution in [0.15, 0.2) is 18.2 Å². The molecule has 0 radical (unpaired) electrons. The van der Waals surface area contributed by atoms with Gasteiger partial charge in [0, 0.05) is 0 Å². The lowest BCUT2D eigenvalue weighted by Crippen LogP contribution is -2.08. The van der Waals surface area contributed by atoms with Gasteiger partial charge in [-0.05, 0) is 18.2 Å². The van der Waals surface area contributed by atoms with Gasteiger partial charge in [0.15, 0.2) is 0 Å². The van der Waals surface area contributed by atoms with E-state index in [-0.39, 0.29) is 12.2 Å². The Hall–Kier alpha value is -1.59. The van der Waals surface area contributed by atoms with Gasteiger partial charge in [-0.1, -0.05) is 0 Å². The van der Waals surface area contributed by atoms with Crippen molar-refractivity contribution < 1.29 is 27.1 Å². The summed E-state index contributed by atoms with van der Waals surface area (Å²) in [5.74, 6) is -1.76. The molecule has 0 fully saturated rings. The Kier molecular flexibility index (Phi) is 2.73. The molecule has 1 aromatic carbocycles. The minimum atomic E-state index is -4.80. The van der Waals surface area contributed by atoms with Crippen LogP contribution in [-0.4, -0.2) is 6.47 Å². The molecule has 0 N–H and O–H groups in total. The van der Waals surface area contributed by atoms with Gasteiger partial charge in [0.1, 0.15) is 11.6 Å². The molecule has 0 bridgehead atoms. The van der Waals surface area contributed by atoms with Crippen molar-refractivity contribution in [2.24, 2.45) is 0 Å². The smallest absolute Gasteiger partial charge is 0.419 e. The predicted octanol–water partition coefficient (Wildman–Crippen LogP) is 2.38. The maximum Gasteiger partial charge on any atom is 0.419 e. The van der Waals surface area contributed by atoms with Crippen molar-refractivity contribution >= 4 is 6.47 Å². The average molecular weight is 208 g/mol. The van der Waals surface area contributed by atoms with Crippen molar-refractivity contribution in [1.29, 1.82) is 0 Å². The van der Waals surface area contributed by atoms with Gasteiger partial charge in [0.05, 0.1) is 5.56 Å². The fourth-order valence-corrected chi connectivity index (χ4v) is 0.850. The quantitative estimate of drug-likeness (QED) is 0.551. The van der Waals surface area contributed by atoms with E-state index < -0.39 is 17.6 Å². The van der Waals surface area contributed by atoms with Crippen LogP contribution in [0.25, 0.3) is 0 Å². The van der Waals surface area contributed by atoms with Crippen molar-refractivity contribution in [2.75, 3.05) is 0 Å². The first kappa shape index (κ1) is 10.5. The monoisotopic (exact) mass is 208 g/mol. The molecule has 0 aliphatic rings. The molecule has 0 aliphatic heterocycles. The number of alkyl halides is 3. The average Bonchev–Trinajstić information content (AvgIpc) is 2.07. The molecular formula is C8H4F4O2. The molecule has 0 amide bonds.